The lowest BCUT2D eigenvalue weighted by atomic mass is 10.1. The lowest BCUT2D eigenvalue weighted by Gasteiger charge is -2.06. The lowest BCUT2D eigenvalue weighted by molar-refractivity contribution is 0.0950. The van der Waals surface area contributed by atoms with E-state index in [2.05, 4.69) is 15.4 Å². The third-order valence-corrected chi connectivity index (χ3v) is 5.35. The first-order valence-electron chi connectivity index (χ1n) is 9.20. The van der Waals surface area contributed by atoms with E-state index < -0.39 is 0 Å². The third-order valence-electron chi connectivity index (χ3n) is 4.48. The maximum absolute atomic E-state index is 12.4. The second-order valence-corrected chi connectivity index (χ2v) is 7.22. The van der Waals surface area contributed by atoms with Crippen LogP contribution >= 0.6 is 11.3 Å². The monoisotopic (exact) mass is 404 g/mol. The summed E-state index contributed by atoms with van der Waals surface area (Å²) in [7, 11) is 1.63. The zero-order valence-corrected chi connectivity index (χ0v) is 16.7. The van der Waals surface area contributed by atoms with Gasteiger partial charge in [0.2, 0.25) is 0 Å². The van der Waals surface area contributed by atoms with Crippen LogP contribution in [0, 0.1) is 0 Å². The Morgan fingerprint density at radius 3 is 2.72 bits per heavy atom. The van der Waals surface area contributed by atoms with E-state index in [1.807, 2.05) is 65.5 Å². The van der Waals surface area contributed by atoms with Crippen LogP contribution < -0.4 is 10.1 Å². The molecule has 0 saturated heterocycles. The summed E-state index contributed by atoms with van der Waals surface area (Å²) in [5, 5.41) is 9.69. The summed E-state index contributed by atoms with van der Waals surface area (Å²) in [6.45, 7) is 0.543. The highest BCUT2D eigenvalue weighted by Gasteiger charge is 2.14. The lowest BCUT2D eigenvalue weighted by Crippen LogP contribution is -2.25. The topological polar surface area (TPSA) is 69.0 Å². The first-order valence-corrected chi connectivity index (χ1v) is 10.1. The van der Waals surface area contributed by atoms with E-state index in [1.165, 1.54) is 11.3 Å². The van der Waals surface area contributed by atoms with E-state index in [0.29, 0.717) is 12.2 Å². The molecular formula is C22H20N4O2S. The number of thiazole rings is 1. The van der Waals surface area contributed by atoms with Crippen molar-refractivity contribution in [2.45, 2.75) is 6.42 Å². The molecule has 0 atom stereocenters. The summed E-state index contributed by atoms with van der Waals surface area (Å²) in [6.07, 6.45) is 4.40. The van der Waals surface area contributed by atoms with Crippen LogP contribution in [-0.2, 0) is 6.42 Å². The normalized spacial score (nSPS) is 10.7. The van der Waals surface area contributed by atoms with Gasteiger partial charge in [0.15, 0.2) is 0 Å². The zero-order valence-electron chi connectivity index (χ0n) is 15.9. The van der Waals surface area contributed by atoms with Crippen LogP contribution in [0.1, 0.15) is 16.1 Å². The highest BCUT2D eigenvalue weighted by molar-refractivity contribution is 7.13. The number of amides is 1. The maximum Gasteiger partial charge on any atom is 0.270 e. The largest absolute Gasteiger partial charge is 0.496 e. The molecule has 0 saturated carbocycles. The number of nitrogens with one attached hydrogen (secondary N) is 1. The van der Waals surface area contributed by atoms with E-state index in [1.54, 1.807) is 18.7 Å². The molecule has 2 heterocycles. The van der Waals surface area contributed by atoms with Crippen molar-refractivity contribution in [3.05, 3.63) is 83.6 Å². The SMILES string of the molecule is COc1ccccc1-c1nc(C(=O)NCCc2ccc(-n3cccn3)cc2)cs1. The average Bonchev–Trinajstić information content (AvgIpc) is 3.46. The van der Waals surface area contributed by atoms with Crippen molar-refractivity contribution in [2.75, 3.05) is 13.7 Å². The number of methoxy groups -OCH3 is 1. The average molecular weight is 404 g/mol. The fraction of sp³-hybridized carbons (Fsp3) is 0.136. The molecule has 0 unspecified atom stereocenters. The number of hydrogen-bond donors (Lipinski definition) is 1. The summed E-state index contributed by atoms with van der Waals surface area (Å²) in [5.41, 5.74) is 3.46. The smallest absolute Gasteiger partial charge is 0.270 e. The van der Waals surface area contributed by atoms with E-state index in [0.717, 1.165) is 34.0 Å². The predicted molar refractivity (Wildman–Crippen MR) is 114 cm³/mol. The highest BCUT2D eigenvalue weighted by atomic mass is 32.1. The van der Waals surface area contributed by atoms with Crippen molar-refractivity contribution in [3.8, 4) is 22.0 Å². The van der Waals surface area contributed by atoms with Gasteiger partial charge >= 0.3 is 0 Å². The minimum atomic E-state index is -0.171. The molecule has 4 aromatic rings. The summed E-state index contributed by atoms with van der Waals surface area (Å²) in [6, 6.07) is 17.7. The van der Waals surface area contributed by atoms with E-state index >= 15 is 0 Å². The number of aromatic nitrogens is 3. The quantitative estimate of drug-likeness (QED) is 0.506. The van der Waals surface area contributed by atoms with Crippen LogP contribution in [0.15, 0.2) is 72.4 Å². The number of carbonyl (C=O) groups excluding carboxylic acids is 1. The maximum atomic E-state index is 12.4. The number of para-hydroxylation sites is 1. The van der Waals surface area contributed by atoms with Gasteiger partial charge in [-0.2, -0.15) is 5.10 Å². The predicted octanol–water partition coefficient (Wildman–Crippen LogP) is 3.98. The van der Waals surface area contributed by atoms with E-state index in [4.69, 9.17) is 4.74 Å². The van der Waals surface area contributed by atoms with E-state index in [-0.39, 0.29) is 5.91 Å². The fourth-order valence-corrected chi connectivity index (χ4v) is 3.80. The number of benzene rings is 2. The fourth-order valence-electron chi connectivity index (χ4n) is 2.97. The van der Waals surface area contributed by atoms with Crippen LogP contribution in [-0.4, -0.2) is 34.3 Å². The number of nitrogens with zero attached hydrogens (tertiary/aromatic N) is 3. The summed E-state index contributed by atoms with van der Waals surface area (Å²) in [4.78, 5) is 16.9. The molecule has 146 valence electrons. The molecule has 7 heteroatoms. The Bertz CT molecular complexity index is 1090. The summed E-state index contributed by atoms with van der Waals surface area (Å²) >= 11 is 1.43. The number of hydrogen-bond acceptors (Lipinski definition) is 5. The van der Waals surface area contributed by atoms with Gasteiger partial charge in [0.05, 0.1) is 18.4 Å². The molecule has 0 bridgehead atoms. The Labute approximate surface area is 172 Å². The molecule has 6 nitrogen and oxygen atoms in total. The van der Waals surface area contributed by atoms with Crippen molar-refractivity contribution >= 4 is 17.2 Å². The van der Waals surface area contributed by atoms with Crippen LogP contribution in [0.25, 0.3) is 16.3 Å². The van der Waals surface area contributed by atoms with Gasteiger partial charge in [0.25, 0.3) is 5.91 Å². The van der Waals surface area contributed by atoms with Gasteiger partial charge in [-0.1, -0.05) is 24.3 Å². The molecule has 0 aliphatic rings. The Balaban J connectivity index is 1.34. The van der Waals surface area contributed by atoms with Gasteiger partial charge in [-0.05, 0) is 42.3 Å². The van der Waals surface area contributed by atoms with Crippen molar-refractivity contribution in [2.24, 2.45) is 0 Å². The standard InChI is InChI=1S/C22H20N4O2S/c1-28-20-6-3-2-5-18(20)22-25-19(15-29-22)21(27)23-13-11-16-7-9-17(10-8-16)26-14-4-12-24-26/h2-10,12,14-15H,11,13H2,1H3,(H,23,27). The molecule has 2 aromatic carbocycles. The van der Waals surface area contributed by atoms with Crippen LogP contribution in [0.5, 0.6) is 5.75 Å². The second-order valence-electron chi connectivity index (χ2n) is 6.36. The van der Waals surface area contributed by atoms with Gasteiger partial charge in [0.1, 0.15) is 16.5 Å². The van der Waals surface area contributed by atoms with Gasteiger partial charge < -0.3 is 10.1 Å². The van der Waals surface area contributed by atoms with Crippen molar-refractivity contribution in [1.82, 2.24) is 20.1 Å². The van der Waals surface area contributed by atoms with Gasteiger partial charge in [0, 0.05) is 24.3 Å². The van der Waals surface area contributed by atoms with Crippen LogP contribution in [0.4, 0.5) is 0 Å². The second kappa shape index (κ2) is 8.70. The molecule has 29 heavy (non-hydrogen) atoms. The minimum Gasteiger partial charge on any atom is -0.496 e. The zero-order chi connectivity index (χ0) is 20.1. The van der Waals surface area contributed by atoms with Crippen molar-refractivity contribution < 1.29 is 9.53 Å². The van der Waals surface area contributed by atoms with Crippen LogP contribution in [0.3, 0.4) is 0 Å². The molecule has 0 aliphatic carbocycles. The summed E-state index contributed by atoms with van der Waals surface area (Å²) < 4.78 is 7.19. The number of rotatable bonds is 7. The highest BCUT2D eigenvalue weighted by Crippen LogP contribution is 2.31. The Hall–Kier alpha value is -3.45. The first kappa shape index (κ1) is 18.9. The molecule has 0 fully saturated rings. The summed E-state index contributed by atoms with van der Waals surface area (Å²) in [5.74, 6) is 0.572. The van der Waals surface area contributed by atoms with Crippen LogP contribution in [0.2, 0.25) is 0 Å². The number of ether oxygens (including phenoxy) is 1. The van der Waals surface area contributed by atoms with Gasteiger partial charge in [-0.25, -0.2) is 9.67 Å². The minimum absolute atomic E-state index is 0.171. The van der Waals surface area contributed by atoms with Crippen molar-refractivity contribution in [3.63, 3.8) is 0 Å². The third kappa shape index (κ3) is 4.35. The molecule has 2 aromatic heterocycles. The first-order chi connectivity index (χ1) is 14.2. The molecule has 4 rings (SSSR count). The molecule has 0 spiro atoms. The Morgan fingerprint density at radius 1 is 1.14 bits per heavy atom. The molecule has 1 amide bonds. The Morgan fingerprint density at radius 2 is 1.97 bits per heavy atom. The molecule has 1 N–H and O–H groups in total. The van der Waals surface area contributed by atoms with Gasteiger partial charge in [-0.3, -0.25) is 4.79 Å². The molecular weight excluding hydrogens is 384 g/mol. The Kier molecular flexibility index (Phi) is 5.67. The van der Waals surface area contributed by atoms with E-state index in [9.17, 15) is 4.79 Å². The van der Waals surface area contributed by atoms with Gasteiger partial charge in [-0.15, -0.1) is 11.3 Å². The molecule has 0 aliphatic heterocycles. The number of carbonyl (C=O) groups is 1. The molecule has 0 radical (unpaired) electrons. The van der Waals surface area contributed by atoms with Crippen molar-refractivity contribution in [1.29, 1.82) is 0 Å².